The molecule has 0 fully saturated rings. The Morgan fingerprint density at radius 3 is 2.57 bits per heavy atom. The average Bonchev–Trinajstić information content (AvgIpc) is 2.44. The van der Waals surface area contributed by atoms with E-state index in [0.717, 1.165) is 6.07 Å². The van der Waals surface area contributed by atoms with Crippen molar-refractivity contribution in [3.8, 4) is 0 Å². The van der Waals surface area contributed by atoms with Crippen molar-refractivity contribution in [2.45, 2.75) is 11.4 Å². The smallest absolute Gasteiger partial charge is 0.262 e. The Hall–Kier alpha value is -1.70. The van der Waals surface area contributed by atoms with E-state index in [9.17, 15) is 12.8 Å². The zero-order valence-corrected chi connectivity index (χ0v) is 12.7. The van der Waals surface area contributed by atoms with Crippen LogP contribution < -0.4 is 10.0 Å². The zero-order chi connectivity index (χ0) is 15.5. The maximum atomic E-state index is 13.8. The van der Waals surface area contributed by atoms with E-state index >= 15 is 0 Å². The fourth-order valence-corrected chi connectivity index (χ4v) is 3.02. The number of anilines is 1. The number of sulfonamides is 1. The molecule has 8 heteroatoms. The Balaban J connectivity index is 2.40. The second-order valence-corrected chi connectivity index (χ2v) is 6.31. The molecule has 0 bridgehead atoms. The number of hydrogen-bond acceptors (Lipinski definition) is 4. The van der Waals surface area contributed by atoms with Crippen LogP contribution in [0.5, 0.6) is 0 Å². The third kappa shape index (κ3) is 3.69. The van der Waals surface area contributed by atoms with Gasteiger partial charge in [-0.15, -0.1) is 0 Å². The van der Waals surface area contributed by atoms with Crippen LogP contribution in [-0.4, -0.2) is 20.4 Å². The Morgan fingerprint density at radius 2 is 1.95 bits per heavy atom. The number of hydrogen-bond donors (Lipinski definition) is 2. The van der Waals surface area contributed by atoms with Crippen molar-refractivity contribution < 1.29 is 12.8 Å². The first-order valence-electron chi connectivity index (χ1n) is 5.99. The topological polar surface area (TPSA) is 71.1 Å². The normalized spacial score (nSPS) is 11.4. The lowest BCUT2D eigenvalue weighted by molar-refractivity contribution is 0.594. The van der Waals surface area contributed by atoms with Gasteiger partial charge in [-0.25, -0.2) is 12.8 Å². The molecule has 2 aromatic rings. The molecule has 112 valence electrons. The van der Waals surface area contributed by atoms with Crippen LogP contribution in [0.15, 0.2) is 41.6 Å². The van der Waals surface area contributed by atoms with Gasteiger partial charge in [0, 0.05) is 18.9 Å². The summed E-state index contributed by atoms with van der Waals surface area (Å²) in [5.41, 5.74) is 0.713. The van der Waals surface area contributed by atoms with Crippen molar-refractivity contribution in [2.24, 2.45) is 0 Å². The summed E-state index contributed by atoms with van der Waals surface area (Å²) in [7, 11) is -2.24. The van der Waals surface area contributed by atoms with E-state index in [4.69, 9.17) is 11.6 Å². The van der Waals surface area contributed by atoms with Gasteiger partial charge in [0.05, 0.1) is 15.6 Å². The molecule has 1 aromatic heterocycles. The predicted octanol–water partition coefficient (Wildman–Crippen LogP) is 2.39. The Bertz CT molecular complexity index is 739. The van der Waals surface area contributed by atoms with E-state index in [1.807, 2.05) is 0 Å². The van der Waals surface area contributed by atoms with Crippen molar-refractivity contribution in [1.82, 2.24) is 10.3 Å². The molecule has 0 aliphatic rings. The van der Waals surface area contributed by atoms with Gasteiger partial charge in [0.15, 0.2) is 0 Å². The summed E-state index contributed by atoms with van der Waals surface area (Å²) < 4.78 is 40.6. The van der Waals surface area contributed by atoms with Gasteiger partial charge in [-0.1, -0.05) is 11.6 Å². The minimum absolute atomic E-state index is 0.0905. The van der Waals surface area contributed by atoms with E-state index in [-0.39, 0.29) is 16.5 Å². The van der Waals surface area contributed by atoms with Gasteiger partial charge >= 0.3 is 0 Å². The zero-order valence-electron chi connectivity index (χ0n) is 11.1. The van der Waals surface area contributed by atoms with Crippen molar-refractivity contribution in [3.63, 3.8) is 0 Å². The summed E-state index contributed by atoms with van der Waals surface area (Å²) in [5, 5.41) is 2.72. The molecule has 0 aliphatic heterocycles. The maximum absolute atomic E-state index is 13.8. The second kappa shape index (κ2) is 6.38. The monoisotopic (exact) mass is 329 g/mol. The van der Waals surface area contributed by atoms with Crippen molar-refractivity contribution >= 4 is 27.3 Å². The van der Waals surface area contributed by atoms with Crippen LogP contribution in [0.1, 0.15) is 5.56 Å². The first kappa shape index (κ1) is 15.7. The minimum atomic E-state index is -3.90. The maximum Gasteiger partial charge on any atom is 0.262 e. The Labute approximate surface area is 127 Å². The third-order valence-electron chi connectivity index (χ3n) is 2.69. The fourth-order valence-electron chi connectivity index (χ4n) is 1.73. The van der Waals surface area contributed by atoms with Gasteiger partial charge in [0.2, 0.25) is 0 Å². The van der Waals surface area contributed by atoms with Crippen molar-refractivity contribution in [1.29, 1.82) is 0 Å². The number of aromatic nitrogens is 1. The number of benzene rings is 1. The number of halogens is 2. The van der Waals surface area contributed by atoms with Crippen molar-refractivity contribution in [2.75, 3.05) is 11.8 Å². The molecule has 5 nitrogen and oxygen atoms in total. The number of rotatable bonds is 5. The summed E-state index contributed by atoms with van der Waals surface area (Å²) in [5.74, 6) is -0.778. The lowest BCUT2D eigenvalue weighted by Crippen LogP contribution is -2.15. The third-order valence-corrected chi connectivity index (χ3v) is 4.47. The van der Waals surface area contributed by atoms with Gasteiger partial charge in [-0.3, -0.25) is 9.71 Å². The van der Waals surface area contributed by atoms with Gasteiger partial charge in [0.25, 0.3) is 10.0 Å². The quantitative estimate of drug-likeness (QED) is 0.883. The summed E-state index contributed by atoms with van der Waals surface area (Å²) in [6.45, 7) is 0.258. The molecule has 0 saturated heterocycles. The van der Waals surface area contributed by atoms with E-state index in [1.54, 1.807) is 7.05 Å². The lowest BCUT2D eigenvalue weighted by atomic mass is 10.2. The van der Waals surface area contributed by atoms with Crippen LogP contribution in [0.3, 0.4) is 0 Å². The molecular formula is C13H13ClFN3O2S. The largest absolute Gasteiger partial charge is 0.316 e. The molecule has 1 aromatic carbocycles. The first-order chi connectivity index (χ1) is 9.94. The molecule has 0 spiro atoms. The molecule has 0 radical (unpaired) electrons. The van der Waals surface area contributed by atoms with Crippen LogP contribution in [0.4, 0.5) is 10.1 Å². The molecule has 0 atom stereocenters. The molecule has 0 saturated carbocycles. The summed E-state index contributed by atoms with van der Waals surface area (Å²) in [6.07, 6.45) is 2.90. The summed E-state index contributed by atoms with van der Waals surface area (Å²) in [6, 6.07) is 5.23. The molecular weight excluding hydrogens is 317 g/mol. The van der Waals surface area contributed by atoms with Crippen LogP contribution in [0.2, 0.25) is 5.02 Å². The van der Waals surface area contributed by atoms with Gasteiger partial charge < -0.3 is 5.32 Å². The highest BCUT2D eigenvalue weighted by atomic mass is 35.5. The highest BCUT2D eigenvalue weighted by molar-refractivity contribution is 7.92. The van der Waals surface area contributed by atoms with Crippen LogP contribution >= 0.6 is 11.6 Å². The van der Waals surface area contributed by atoms with E-state index in [1.165, 1.54) is 30.6 Å². The standard InChI is InChI=1S/C13H13ClFN3O2S/c1-16-8-9-6-11(7-12(15)13(9)14)21(19,20)18-10-2-4-17-5-3-10/h2-7,16H,8H2,1H3,(H,17,18). The summed E-state index contributed by atoms with van der Waals surface area (Å²) >= 11 is 5.82. The number of nitrogens with zero attached hydrogens (tertiary/aromatic N) is 1. The molecule has 2 rings (SSSR count). The van der Waals surface area contributed by atoms with Gasteiger partial charge in [0.1, 0.15) is 5.82 Å². The lowest BCUT2D eigenvalue weighted by Gasteiger charge is -2.11. The molecule has 1 heterocycles. The van der Waals surface area contributed by atoms with E-state index in [2.05, 4.69) is 15.0 Å². The summed E-state index contributed by atoms with van der Waals surface area (Å²) in [4.78, 5) is 3.60. The number of pyridine rings is 1. The Morgan fingerprint density at radius 1 is 1.29 bits per heavy atom. The van der Waals surface area contributed by atoms with Crippen LogP contribution in [-0.2, 0) is 16.6 Å². The second-order valence-electron chi connectivity index (χ2n) is 4.25. The highest BCUT2D eigenvalue weighted by Crippen LogP contribution is 2.25. The van der Waals surface area contributed by atoms with Gasteiger partial charge in [-0.2, -0.15) is 0 Å². The first-order valence-corrected chi connectivity index (χ1v) is 7.85. The number of nitrogens with one attached hydrogen (secondary N) is 2. The Kier molecular flexibility index (Phi) is 4.76. The molecule has 0 aliphatic carbocycles. The molecule has 21 heavy (non-hydrogen) atoms. The molecule has 0 unspecified atom stereocenters. The van der Waals surface area contributed by atoms with E-state index in [0.29, 0.717) is 11.3 Å². The predicted molar refractivity (Wildman–Crippen MR) is 79.2 cm³/mol. The van der Waals surface area contributed by atoms with Crippen molar-refractivity contribution in [3.05, 3.63) is 53.1 Å². The minimum Gasteiger partial charge on any atom is -0.316 e. The highest BCUT2D eigenvalue weighted by Gasteiger charge is 2.19. The molecule has 2 N–H and O–H groups in total. The molecule has 0 amide bonds. The average molecular weight is 330 g/mol. The van der Waals surface area contributed by atoms with E-state index < -0.39 is 15.8 Å². The van der Waals surface area contributed by atoms with Crippen LogP contribution in [0.25, 0.3) is 0 Å². The van der Waals surface area contributed by atoms with Crippen LogP contribution in [0, 0.1) is 5.82 Å². The fraction of sp³-hybridized carbons (Fsp3) is 0.154. The SMILES string of the molecule is CNCc1cc(S(=O)(=O)Nc2ccncc2)cc(F)c1Cl. The van der Waals surface area contributed by atoms with Gasteiger partial charge in [-0.05, 0) is 36.9 Å².